The molecule has 44 heavy (non-hydrogen) atoms. The second kappa shape index (κ2) is 11.9. The molecule has 0 aliphatic rings. The smallest absolute Gasteiger partial charge is 0.177 e. The topological polar surface area (TPSA) is 44.7 Å². The summed E-state index contributed by atoms with van der Waals surface area (Å²) in [7, 11) is 3.33. The fourth-order valence-electron chi connectivity index (χ4n) is 5.43. The van der Waals surface area contributed by atoms with Crippen molar-refractivity contribution in [1.82, 2.24) is 0 Å². The summed E-state index contributed by atoms with van der Waals surface area (Å²) in [4.78, 5) is 0. The van der Waals surface area contributed by atoms with E-state index in [9.17, 15) is 0 Å². The monoisotopic (exact) mass is 574 g/mol. The first-order valence-electron chi connectivity index (χ1n) is 14.5. The van der Waals surface area contributed by atoms with Gasteiger partial charge < -0.3 is 18.3 Å². The minimum Gasteiger partial charge on any atom is -0.493 e. The molecule has 0 atom stereocenters. The molecule has 0 aliphatic carbocycles. The van der Waals surface area contributed by atoms with Crippen molar-refractivity contribution in [2.24, 2.45) is 0 Å². The first-order chi connectivity index (χ1) is 21.7. The molecule has 0 saturated carbocycles. The van der Waals surface area contributed by atoms with Crippen LogP contribution in [0.25, 0.3) is 68.9 Å². The lowest BCUT2D eigenvalue weighted by atomic mass is 10.0. The zero-order chi connectivity index (χ0) is 29.9. The molecule has 7 rings (SSSR count). The second-order valence-corrected chi connectivity index (χ2v) is 10.5. The zero-order valence-corrected chi connectivity index (χ0v) is 24.5. The van der Waals surface area contributed by atoms with Crippen molar-refractivity contribution in [2.45, 2.75) is 0 Å². The fraction of sp³-hybridized carbons (Fsp3) is 0.0500. The van der Waals surface area contributed by atoms with Crippen LogP contribution < -0.4 is 9.47 Å². The highest BCUT2D eigenvalue weighted by Crippen LogP contribution is 2.37. The number of hydrogen-bond donors (Lipinski definition) is 0. The van der Waals surface area contributed by atoms with E-state index in [0.29, 0.717) is 0 Å². The van der Waals surface area contributed by atoms with Gasteiger partial charge >= 0.3 is 0 Å². The van der Waals surface area contributed by atoms with Crippen molar-refractivity contribution in [3.63, 3.8) is 0 Å². The Morgan fingerprint density at radius 3 is 1.25 bits per heavy atom. The van der Waals surface area contributed by atoms with Gasteiger partial charge in [0.2, 0.25) is 0 Å². The maximum absolute atomic E-state index is 6.23. The molecule has 0 aliphatic heterocycles. The highest BCUT2D eigenvalue weighted by Gasteiger charge is 2.14. The van der Waals surface area contributed by atoms with Crippen LogP contribution in [-0.4, -0.2) is 14.2 Å². The summed E-state index contributed by atoms with van der Waals surface area (Å²) >= 11 is 0. The van der Waals surface area contributed by atoms with Gasteiger partial charge in [-0.25, -0.2) is 0 Å². The molecular formula is C40H30O4. The Labute approximate surface area is 256 Å². The van der Waals surface area contributed by atoms with E-state index >= 15 is 0 Å². The van der Waals surface area contributed by atoms with Gasteiger partial charge in [-0.2, -0.15) is 0 Å². The number of methoxy groups -OCH3 is 2. The van der Waals surface area contributed by atoms with Gasteiger partial charge in [-0.05, 0) is 46.5 Å². The van der Waals surface area contributed by atoms with Crippen molar-refractivity contribution < 1.29 is 18.3 Å². The molecular weight excluding hydrogens is 544 g/mol. The van der Waals surface area contributed by atoms with E-state index in [1.54, 1.807) is 14.2 Å². The molecule has 214 valence electrons. The van der Waals surface area contributed by atoms with Crippen LogP contribution in [0.4, 0.5) is 0 Å². The molecule has 0 radical (unpaired) electrons. The Morgan fingerprint density at radius 1 is 0.455 bits per heavy atom. The van der Waals surface area contributed by atoms with Crippen molar-refractivity contribution in [3.05, 3.63) is 144 Å². The van der Waals surface area contributed by atoms with Gasteiger partial charge in [-0.1, -0.05) is 121 Å². The van der Waals surface area contributed by atoms with Crippen LogP contribution >= 0.6 is 0 Å². The number of fused-ring (bicyclic) bond motifs is 2. The van der Waals surface area contributed by atoms with Crippen LogP contribution in [0.1, 0.15) is 22.3 Å². The third kappa shape index (κ3) is 5.30. The van der Waals surface area contributed by atoms with E-state index in [4.69, 9.17) is 18.3 Å². The quantitative estimate of drug-likeness (QED) is 0.169. The molecule has 7 aromatic rings. The van der Waals surface area contributed by atoms with Crippen LogP contribution in [0.15, 0.2) is 130 Å². The molecule has 2 heterocycles. The molecule has 0 fully saturated rings. The minimum atomic E-state index is 0.719. The lowest BCUT2D eigenvalue weighted by Crippen LogP contribution is -1.84. The van der Waals surface area contributed by atoms with Crippen LogP contribution in [-0.2, 0) is 0 Å². The van der Waals surface area contributed by atoms with Gasteiger partial charge in [0.15, 0.2) is 22.7 Å². The maximum Gasteiger partial charge on any atom is 0.177 e. The molecule has 4 nitrogen and oxygen atoms in total. The summed E-state index contributed by atoms with van der Waals surface area (Å²) in [6.07, 6.45) is 8.48. The number of rotatable bonds is 8. The average Bonchev–Trinajstić information content (AvgIpc) is 3.74. The van der Waals surface area contributed by atoms with Crippen LogP contribution in [0.5, 0.6) is 11.5 Å². The van der Waals surface area contributed by atoms with E-state index in [1.165, 1.54) is 0 Å². The molecule has 0 N–H and O–H groups in total. The average molecular weight is 575 g/mol. The van der Waals surface area contributed by atoms with Gasteiger partial charge in [-0.15, -0.1) is 0 Å². The van der Waals surface area contributed by atoms with Crippen molar-refractivity contribution in [3.8, 4) is 34.1 Å². The third-order valence-corrected chi connectivity index (χ3v) is 7.77. The second-order valence-electron chi connectivity index (χ2n) is 10.5. The predicted molar refractivity (Wildman–Crippen MR) is 181 cm³/mol. The van der Waals surface area contributed by atoms with Gasteiger partial charge in [0, 0.05) is 21.9 Å². The first kappa shape index (κ1) is 27.1. The molecule has 0 amide bonds. The Bertz CT molecular complexity index is 1960. The highest BCUT2D eigenvalue weighted by molar-refractivity contribution is 5.97. The van der Waals surface area contributed by atoms with Crippen molar-refractivity contribution >= 4 is 46.2 Å². The van der Waals surface area contributed by atoms with E-state index in [1.807, 2.05) is 72.8 Å². The van der Waals surface area contributed by atoms with Crippen LogP contribution in [0, 0.1) is 0 Å². The summed E-state index contributed by atoms with van der Waals surface area (Å²) in [5, 5.41) is 2.03. The van der Waals surface area contributed by atoms with Crippen LogP contribution in [0.2, 0.25) is 0 Å². The van der Waals surface area contributed by atoms with E-state index in [2.05, 4.69) is 72.8 Å². The van der Waals surface area contributed by atoms with Crippen molar-refractivity contribution in [1.29, 1.82) is 0 Å². The number of hydrogen-bond acceptors (Lipinski definition) is 4. The molecule has 0 unspecified atom stereocenters. The fourth-order valence-corrected chi connectivity index (χ4v) is 5.43. The SMILES string of the molecule is COc1ccc(/C=C/c2ccc(/C=C/c3ccc(OC)c4oc(-c5ccccc5)cc34)cc2)c2cc(-c3ccccc3)oc12. The van der Waals surface area contributed by atoms with Gasteiger partial charge in [-0.3, -0.25) is 0 Å². The summed E-state index contributed by atoms with van der Waals surface area (Å²) in [6, 6.07) is 40.9. The van der Waals surface area contributed by atoms with Crippen LogP contribution in [0.3, 0.4) is 0 Å². The van der Waals surface area contributed by atoms with E-state index in [0.717, 1.165) is 78.3 Å². The third-order valence-electron chi connectivity index (χ3n) is 7.77. The molecule has 5 aromatic carbocycles. The van der Waals surface area contributed by atoms with Gasteiger partial charge in [0.25, 0.3) is 0 Å². The Hall–Kier alpha value is -5.74. The molecule has 0 bridgehead atoms. The standard InChI is InChI=1S/C40H30O4/c1-41-35-23-21-29(33-25-37(43-39(33)35)31-9-5-3-6-10-31)19-17-27-13-15-28(16-14-27)18-20-30-22-24-36(42-2)40-34(30)26-38(44-40)32-11-7-4-8-12-32/h3-26H,1-2H3/b19-17+,20-18+. The van der Waals surface area contributed by atoms with Gasteiger partial charge in [0.05, 0.1) is 14.2 Å². The molecule has 0 saturated heterocycles. The lowest BCUT2D eigenvalue weighted by molar-refractivity contribution is 0.411. The Morgan fingerprint density at radius 2 is 0.864 bits per heavy atom. The number of benzene rings is 5. The molecule has 4 heteroatoms. The summed E-state index contributed by atoms with van der Waals surface area (Å²) in [5.41, 5.74) is 7.89. The summed E-state index contributed by atoms with van der Waals surface area (Å²) < 4.78 is 23.6. The van der Waals surface area contributed by atoms with E-state index < -0.39 is 0 Å². The normalized spacial score (nSPS) is 11.7. The lowest BCUT2D eigenvalue weighted by Gasteiger charge is -2.03. The maximum atomic E-state index is 6.23. The van der Waals surface area contributed by atoms with Gasteiger partial charge in [0.1, 0.15) is 11.5 Å². The first-order valence-corrected chi connectivity index (χ1v) is 14.5. The van der Waals surface area contributed by atoms with Crippen molar-refractivity contribution in [2.75, 3.05) is 14.2 Å². The Kier molecular flexibility index (Phi) is 7.31. The summed E-state index contributed by atoms with van der Waals surface area (Å²) in [5.74, 6) is 3.07. The zero-order valence-electron chi connectivity index (χ0n) is 24.5. The predicted octanol–water partition coefficient (Wildman–Crippen LogP) is 10.9. The van der Waals surface area contributed by atoms with E-state index in [-0.39, 0.29) is 0 Å². The molecule has 2 aromatic heterocycles. The Balaban J connectivity index is 1.14. The molecule has 0 spiro atoms. The largest absolute Gasteiger partial charge is 0.493 e. The number of ether oxygens (including phenoxy) is 2. The summed E-state index contributed by atoms with van der Waals surface area (Å²) in [6.45, 7) is 0. The minimum absolute atomic E-state index is 0.719. The number of furan rings is 2. The highest BCUT2D eigenvalue weighted by atomic mass is 16.5.